The molecular formula is C38H44ClN9O6S. The number of halogens is 1. The van der Waals surface area contributed by atoms with Crippen molar-refractivity contribution >= 4 is 41.1 Å². The molecule has 0 aliphatic rings. The topological polar surface area (TPSA) is 278 Å². The molecule has 17 heteroatoms. The number of thioether (sulfide) groups is 1. The predicted octanol–water partition coefficient (Wildman–Crippen LogP) is 4.42. The number of ether oxygens (including phenoxy) is 3. The summed E-state index contributed by atoms with van der Waals surface area (Å²) >= 11 is 7.21. The molecule has 0 saturated heterocycles. The molecule has 0 aliphatic carbocycles. The van der Waals surface area contributed by atoms with Crippen molar-refractivity contribution in [3.63, 3.8) is 0 Å². The number of nitrogens with zero attached hydrogens (tertiary/aromatic N) is 4. The third kappa shape index (κ3) is 12.4. The van der Waals surface area contributed by atoms with E-state index in [2.05, 4.69) is 22.1 Å². The van der Waals surface area contributed by atoms with Gasteiger partial charge in [-0.2, -0.15) is 10.5 Å². The second-order valence-electron chi connectivity index (χ2n) is 12.4. The van der Waals surface area contributed by atoms with Gasteiger partial charge in [-0.15, -0.1) is 0 Å². The Morgan fingerprint density at radius 1 is 0.836 bits per heavy atom. The summed E-state index contributed by atoms with van der Waals surface area (Å²) in [6, 6.07) is 16.1. The number of nitrogens with two attached hydrogens (primary N) is 5. The Bertz CT molecular complexity index is 1970. The fourth-order valence-corrected chi connectivity index (χ4v) is 6.24. The van der Waals surface area contributed by atoms with Crippen LogP contribution in [-0.4, -0.2) is 66.4 Å². The van der Waals surface area contributed by atoms with Crippen molar-refractivity contribution in [2.24, 2.45) is 22.9 Å². The third-order valence-corrected chi connectivity index (χ3v) is 9.49. The molecular weight excluding hydrogens is 746 g/mol. The van der Waals surface area contributed by atoms with E-state index in [-0.39, 0.29) is 30.2 Å². The van der Waals surface area contributed by atoms with E-state index in [9.17, 15) is 20.1 Å². The van der Waals surface area contributed by atoms with Gasteiger partial charge in [0.1, 0.15) is 65.9 Å². The Morgan fingerprint density at radius 3 is 2.07 bits per heavy atom. The Hall–Kier alpha value is -5.20. The molecule has 3 atom stereocenters. The number of anilines is 1. The van der Waals surface area contributed by atoms with Gasteiger partial charge in [-0.25, -0.2) is 9.97 Å². The molecule has 2 aromatic carbocycles. The third-order valence-electron chi connectivity index (χ3n) is 8.23. The highest BCUT2D eigenvalue weighted by Gasteiger charge is 2.25. The number of pyridine rings is 1. The largest absolute Gasteiger partial charge is 0.490 e. The highest BCUT2D eigenvalue weighted by molar-refractivity contribution is 7.98. The first-order valence-electron chi connectivity index (χ1n) is 17.6. The van der Waals surface area contributed by atoms with E-state index in [4.69, 9.17) is 58.9 Å². The van der Waals surface area contributed by atoms with E-state index in [1.807, 2.05) is 0 Å². The molecule has 290 valence electrons. The Balaban J connectivity index is 1.48. The van der Waals surface area contributed by atoms with Crippen LogP contribution in [0, 0.1) is 22.7 Å². The van der Waals surface area contributed by atoms with Crippen LogP contribution in [0.25, 0.3) is 22.6 Å². The van der Waals surface area contributed by atoms with Crippen molar-refractivity contribution in [3.05, 3.63) is 76.6 Å². The van der Waals surface area contributed by atoms with Gasteiger partial charge in [0.2, 0.25) is 5.89 Å². The van der Waals surface area contributed by atoms with Gasteiger partial charge in [0, 0.05) is 21.9 Å². The highest BCUT2D eigenvalue weighted by atomic mass is 35.5. The summed E-state index contributed by atoms with van der Waals surface area (Å²) in [7, 11) is 0. The number of carbonyl (C=O) groups excluding carboxylic acids is 2. The van der Waals surface area contributed by atoms with Gasteiger partial charge in [-0.3, -0.25) is 9.59 Å². The minimum absolute atomic E-state index is 0.0406. The molecule has 4 rings (SSSR count). The number of nitriles is 2. The second-order valence-corrected chi connectivity index (χ2v) is 13.8. The van der Waals surface area contributed by atoms with Crippen molar-refractivity contribution in [3.8, 4) is 40.5 Å². The SMILES string of the molecule is N#Cc1c(N)nc(SCc2coc(-c3ccc(Cl)cc3)n2)c(C#N)c1-c1ccc(OCC(COC(=O)C(N)CCCCN)OC(=O)C(N)CCCCN)cc1. The number of esters is 2. The fourth-order valence-electron chi connectivity index (χ4n) is 5.24. The number of aromatic nitrogens is 2. The van der Waals surface area contributed by atoms with Crippen LogP contribution < -0.4 is 33.4 Å². The summed E-state index contributed by atoms with van der Waals surface area (Å²) in [6.45, 7) is 0.457. The average Bonchev–Trinajstić information content (AvgIpc) is 3.67. The zero-order valence-corrected chi connectivity index (χ0v) is 31.7. The van der Waals surface area contributed by atoms with Gasteiger partial charge < -0.3 is 47.3 Å². The maximum atomic E-state index is 12.8. The number of unbranched alkanes of at least 4 members (excludes halogenated alkanes) is 2. The van der Waals surface area contributed by atoms with E-state index in [1.165, 1.54) is 18.0 Å². The van der Waals surface area contributed by atoms with Crippen LogP contribution in [0.15, 0.2) is 64.2 Å². The zero-order chi connectivity index (χ0) is 39.7. The van der Waals surface area contributed by atoms with Crippen molar-refractivity contribution in [2.45, 2.75) is 67.5 Å². The number of hydrogen-bond donors (Lipinski definition) is 5. The van der Waals surface area contributed by atoms with Crippen LogP contribution in [0.2, 0.25) is 5.02 Å². The smallest absolute Gasteiger partial charge is 0.323 e. The van der Waals surface area contributed by atoms with Gasteiger partial charge in [0.15, 0.2) is 6.10 Å². The number of benzene rings is 2. The molecule has 10 N–H and O–H groups in total. The molecule has 0 amide bonds. The van der Waals surface area contributed by atoms with Crippen molar-refractivity contribution in [1.82, 2.24) is 9.97 Å². The van der Waals surface area contributed by atoms with Crippen molar-refractivity contribution in [2.75, 3.05) is 32.0 Å². The molecule has 55 heavy (non-hydrogen) atoms. The summed E-state index contributed by atoms with van der Waals surface area (Å²) < 4.78 is 22.5. The lowest BCUT2D eigenvalue weighted by atomic mass is 9.97. The first-order chi connectivity index (χ1) is 26.6. The van der Waals surface area contributed by atoms with E-state index in [0.29, 0.717) is 89.5 Å². The number of oxazole rings is 1. The van der Waals surface area contributed by atoms with E-state index >= 15 is 0 Å². The minimum Gasteiger partial charge on any atom is -0.490 e. The molecule has 15 nitrogen and oxygen atoms in total. The molecule has 0 aliphatic heterocycles. The highest BCUT2D eigenvalue weighted by Crippen LogP contribution is 2.37. The Kier molecular flexibility index (Phi) is 16.7. The predicted molar refractivity (Wildman–Crippen MR) is 208 cm³/mol. The summed E-state index contributed by atoms with van der Waals surface area (Å²) in [5, 5.41) is 21.2. The van der Waals surface area contributed by atoms with Crippen LogP contribution in [-0.2, 0) is 24.8 Å². The number of rotatable bonds is 21. The van der Waals surface area contributed by atoms with E-state index < -0.39 is 30.1 Å². The van der Waals surface area contributed by atoms with Crippen LogP contribution in [0.1, 0.15) is 55.3 Å². The fraction of sp³-hybridized carbons (Fsp3) is 0.368. The van der Waals surface area contributed by atoms with Gasteiger partial charge in [0.05, 0.1) is 11.3 Å². The first-order valence-corrected chi connectivity index (χ1v) is 18.9. The van der Waals surface area contributed by atoms with Gasteiger partial charge in [-0.1, -0.05) is 48.3 Å². The second kappa shape index (κ2) is 21.6. The maximum Gasteiger partial charge on any atom is 0.323 e. The number of nitrogen functional groups attached to an aromatic ring is 1. The maximum absolute atomic E-state index is 12.8. The normalized spacial score (nSPS) is 12.6. The molecule has 3 unspecified atom stereocenters. The molecule has 0 spiro atoms. The average molecular weight is 790 g/mol. The van der Waals surface area contributed by atoms with Crippen molar-refractivity contribution in [1.29, 1.82) is 10.5 Å². The Morgan fingerprint density at radius 2 is 1.45 bits per heavy atom. The number of carbonyl (C=O) groups is 2. The Labute approximate surface area is 328 Å². The molecule has 2 heterocycles. The van der Waals surface area contributed by atoms with E-state index in [0.717, 1.165) is 12.0 Å². The van der Waals surface area contributed by atoms with Crippen LogP contribution in [0.4, 0.5) is 5.82 Å². The lowest BCUT2D eigenvalue weighted by Gasteiger charge is -2.21. The van der Waals surface area contributed by atoms with Crippen LogP contribution in [0.5, 0.6) is 5.75 Å². The molecule has 2 aromatic heterocycles. The van der Waals surface area contributed by atoms with E-state index in [1.54, 1.807) is 48.5 Å². The molecule has 4 aromatic rings. The van der Waals surface area contributed by atoms with Gasteiger partial charge in [-0.05, 0) is 80.7 Å². The summed E-state index contributed by atoms with van der Waals surface area (Å²) in [4.78, 5) is 34.2. The van der Waals surface area contributed by atoms with Crippen LogP contribution >= 0.6 is 23.4 Å². The number of hydrogen-bond acceptors (Lipinski definition) is 16. The molecule has 0 saturated carbocycles. The molecule has 0 radical (unpaired) electrons. The quantitative estimate of drug-likeness (QED) is 0.0444. The lowest BCUT2D eigenvalue weighted by molar-refractivity contribution is -0.162. The molecule has 0 bridgehead atoms. The zero-order valence-electron chi connectivity index (χ0n) is 30.1. The summed E-state index contributed by atoms with van der Waals surface area (Å²) in [6.07, 6.45) is 4.01. The van der Waals surface area contributed by atoms with Crippen molar-refractivity contribution < 1.29 is 28.2 Å². The standard InChI is InChI=1S/C38H44ClN9O6S/c39-25-11-7-24(8-12-25)35-47-26(19-52-35)22-55-36-30(18-43)33(29(17-42)34(46)48-36)23-9-13-27(14-10-23)51-20-28(54-38(50)32(45)6-2-4-16-41)21-53-37(49)31(44)5-1-3-15-40/h7-14,19,28,31-32H,1-6,15-16,20-22,40-41,44-45H2,(H2,46,48). The summed E-state index contributed by atoms with van der Waals surface area (Å²) in [5.74, 6) is -0.287. The monoisotopic (exact) mass is 789 g/mol. The summed E-state index contributed by atoms with van der Waals surface area (Å²) in [5.41, 5.74) is 31.7. The molecule has 0 fully saturated rings. The minimum atomic E-state index is -1.00. The van der Waals surface area contributed by atoms with Crippen LogP contribution in [0.3, 0.4) is 0 Å². The van der Waals surface area contributed by atoms with Gasteiger partial charge in [0.25, 0.3) is 0 Å². The first kappa shape index (κ1) is 42.5. The van der Waals surface area contributed by atoms with Gasteiger partial charge >= 0.3 is 11.9 Å². The lowest BCUT2D eigenvalue weighted by Crippen LogP contribution is -2.40.